The van der Waals surface area contributed by atoms with Crippen molar-refractivity contribution in [2.45, 2.75) is 30.8 Å². The number of nitrogens with one attached hydrogen (secondary N) is 1. The molecule has 4 rings (SSSR count). The Bertz CT molecular complexity index is 1620. The van der Waals surface area contributed by atoms with Crippen LogP contribution in [0.1, 0.15) is 18.1 Å². The third-order valence-electron chi connectivity index (χ3n) is 6.86. The first-order chi connectivity index (χ1) is 20.7. The Morgan fingerprint density at radius 3 is 2.07 bits per heavy atom. The maximum atomic E-state index is 14.3. The Morgan fingerprint density at radius 2 is 1.47 bits per heavy atom. The van der Waals surface area contributed by atoms with Crippen molar-refractivity contribution in [1.29, 1.82) is 0 Å². The number of hydrogen-bond acceptors (Lipinski definition) is 5. The summed E-state index contributed by atoms with van der Waals surface area (Å²) in [6.45, 7) is 1.72. The van der Waals surface area contributed by atoms with E-state index in [1.165, 1.54) is 24.1 Å². The van der Waals surface area contributed by atoms with Crippen molar-refractivity contribution in [1.82, 2.24) is 10.2 Å². The molecule has 8 nitrogen and oxygen atoms in total. The fraction of sp³-hybridized carbons (Fsp3) is 0.212. The standard InChI is InChI=1S/C33H34ClN3O5S/c1-3-42-28-18-20-29(21-19-28)43(40,41)37(27-15-8-5-9-16-27)24-32(38)36(23-26-14-10-11-17-30(26)34)31(33(39)35-2)22-25-12-6-4-7-13-25/h4-21,31H,3,22-24H2,1-2H3,(H,35,39). The lowest BCUT2D eigenvalue weighted by molar-refractivity contribution is -0.139. The predicted molar refractivity (Wildman–Crippen MR) is 169 cm³/mol. The minimum absolute atomic E-state index is 0.00241. The van der Waals surface area contributed by atoms with Gasteiger partial charge in [0.2, 0.25) is 11.8 Å². The highest BCUT2D eigenvalue weighted by Gasteiger charge is 2.34. The van der Waals surface area contributed by atoms with Gasteiger partial charge in [0.1, 0.15) is 18.3 Å². The highest BCUT2D eigenvalue weighted by molar-refractivity contribution is 7.92. The maximum absolute atomic E-state index is 14.3. The van der Waals surface area contributed by atoms with Crippen LogP contribution in [0.25, 0.3) is 0 Å². The van der Waals surface area contributed by atoms with Gasteiger partial charge < -0.3 is 15.0 Å². The van der Waals surface area contributed by atoms with Gasteiger partial charge in [0.25, 0.3) is 10.0 Å². The Labute approximate surface area is 257 Å². The molecular formula is C33H34ClN3O5S. The van der Waals surface area contributed by atoms with Crippen molar-refractivity contribution >= 4 is 39.1 Å². The van der Waals surface area contributed by atoms with Crippen molar-refractivity contribution in [2.24, 2.45) is 0 Å². The summed E-state index contributed by atoms with van der Waals surface area (Å²) in [6.07, 6.45) is 0.216. The van der Waals surface area contributed by atoms with Crippen molar-refractivity contribution < 1.29 is 22.7 Å². The number of likely N-dealkylation sites (N-methyl/N-ethyl adjacent to an activating group) is 1. The molecule has 0 saturated heterocycles. The Morgan fingerprint density at radius 1 is 0.860 bits per heavy atom. The van der Waals surface area contributed by atoms with Crippen LogP contribution in [0.5, 0.6) is 5.75 Å². The van der Waals surface area contributed by atoms with E-state index in [1.807, 2.05) is 37.3 Å². The highest BCUT2D eigenvalue weighted by Crippen LogP contribution is 2.27. The second-order valence-corrected chi connectivity index (χ2v) is 12.0. The van der Waals surface area contributed by atoms with E-state index in [1.54, 1.807) is 66.7 Å². The van der Waals surface area contributed by atoms with Gasteiger partial charge in [0.15, 0.2) is 0 Å². The molecule has 224 valence electrons. The van der Waals surface area contributed by atoms with Gasteiger partial charge in [-0.2, -0.15) is 0 Å². The number of benzene rings is 4. The van der Waals surface area contributed by atoms with Crippen molar-refractivity contribution in [3.63, 3.8) is 0 Å². The van der Waals surface area contributed by atoms with Crippen LogP contribution < -0.4 is 14.4 Å². The number of anilines is 1. The lowest BCUT2D eigenvalue weighted by Crippen LogP contribution is -2.53. The van der Waals surface area contributed by atoms with Crippen LogP contribution in [0, 0.1) is 0 Å². The third-order valence-corrected chi connectivity index (χ3v) is 9.02. The summed E-state index contributed by atoms with van der Waals surface area (Å²) in [7, 11) is -2.70. The zero-order valence-electron chi connectivity index (χ0n) is 24.0. The van der Waals surface area contributed by atoms with Gasteiger partial charge in [-0.1, -0.05) is 78.3 Å². The molecule has 10 heteroatoms. The molecule has 2 amide bonds. The molecule has 43 heavy (non-hydrogen) atoms. The van der Waals surface area contributed by atoms with E-state index in [0.717, 1.165) is 9.87 Å². The first kappa shape index (κ1) is 31.6. The second-order valence-electron chi connectivity index (χ2n) is 9.68. The first-order valence-corrected chi connectivity index (χ1v) is 15.7. The molecular weight excluding hydrogens is 586 g/mol. The SMILES string of the molecule is CCOc1ccc(S(=O)(=O)N(CC(=O)N(Cc2ccccc2Cl)C(Cc2ccccc2)C(=O)NC)c2ccccc2)cc1. The van der Waals surface area contributed by atoms with Crippen LogP contribution >= 0.6 is 11.6 Å². The molecule has 1 atom stereocenters. The van der Waals surface area contributed by atoms with Crippen LogP contribution in [0.15, 0.2) is 114 Å². The number of hydrogen-bond donors (Lipinski definition) is 1. The number of para-hydroxylation sites is 1. The highest BCUT2D eigenvalue weighted by atomic mass is 35.5. The number of carbonyl (C=O) groups is 2. The normalized spacial score (nSPS) is 11.8. The average Bonchev–Trinajstić information content (AvgIpc) is 3.03. The van der Waals surface area contributed by atoms with E-state index >= 15 is 0 Å². The van der Waals surface area contributed by atoms with E-state index in [9.17, 15) is 18.0 Å². The van der Waals surface area contributed by atoms with Gasteiger partial charge in [-0.05, 0) is 60.5 Å². The summed E-state index contributed by atoms with van der Waals surface area (Å²) < 4.78 is 34.6. The van der Waals surface area contributed by atoms with Crippen molar-refractivity contribution in [3.05, 3.63) is 125 Å². The minimum Gasteiger partial charge on any atom is -0.494 e. The summed E-state index contributed by atoms with van der Waals surface area (Å²) in [5, 5.41) is 3.10. The van der Waals surface area contributed by atoms with Gasteiger partial charge in [-0.3, -0.25) is 13.9 Å². The van der Waals surface area contributed by atoms with E-state index in [2.05, 4.69) is 5.32 Å². The summed E-state index contributed by atoms with van der Waals surface area (Å²) >= 11 is 6.49. The summed E-state index contributed by atoms with van der Waals surface area (Å²) in [6, 6.07) is 29.9. The largest absolute Gasteiger partial charge is 0.494 e. The number of rotatable bonds is 13. The fourth-order valence-corrected chi connectivity index (χ4v) is 6.27. The fourth-order valence-electron chi connectivity index (χ4n) is 4.66. The maximum Gasteiger partial charge on any atom is 0.264 e. The van der Waals surface area contributed by atoms with E-state index in [4.69, 9.17) is 16.3 Å². The Kier molecular flexibility index (Phi) is 10.8. The number of nitrogens with zero attached hydrogens (tertiary/aromatic N) is 2. The van der Waals surface area contributed by atoms with Gasteiger partial charge in [0.05, 0.1) is 17.2 Å². The average molecular weight is 620 g/mol. The summed E-state index contributed by atoms with van der Waals surface area (Å²) in [4.78, 5) is 29.0. The molecule has 0 aliphatic rings. The summed E-state index contributed by atoms with van der Waals surface area (Å²) in [5.74, 6) is -0.420. The molecule has 0 bridgehead atoms. The minimum atomic E-state index is -4.20. The summed E-state index contributed by atoms with van der Waals surface area (Å²) in [5.41, 5.74) is 1.78. The molecule has 0 heterocycles. The Balaban J connectivity index is 1.76. The number of amides is 2. The molecule has 1 unspecified atom stereocenters. The molecule has 0 fully saturated rings. The van der Waals surface area contributed by atoms with Gasteiger partial charge in [0, 0.05) is 25.0 Å². The van der Waals surface area contributed by atoms with E-state index < -0.39 is 28.5 Å². The quantitative estimate of drug-likeness (QED) is 0.219. The van der Waals surface area contributed by atoms with Crippen LogP contribution in [-0.4, -0.2) is 51.4 Å². The van der Waals surface area contributed by atoms with Crippen LogP contribution in [-0.2, 0) is 32.6 Å². The third kappa shape index (κ3) is 7.94. The smallest absolute Gasteiger partial charge is 0.264 e. The molecule has 0 aliphatic carbocycles. The molecule has 4 aromatic carbocycles. The zero-order valence-corrected chi connectivity index (χ0v) is 25.6. The lowest BCUT2D eigenvalue weighted by Gasteiger charge is -2.33. The monoisotopic (exact) mass is 619 g/mol. The zero-order chi connectivity index (χ0) is 30.8. The van der Waals surface area contributed by atoms with Crippen LogP contribution in [0.2, 0.25) is 5.02 Å². The van der Waals surface area contributed by atoms with E-state index in [0.29, 0.717) is 28.6 Å². The second kappa shape index (κ2) is 14.7. The molecule has 0 aliphatic heterocycles. The number of ether oxygens (including phenoxy) is 1. The topological polar surface area (TPSA) is 96.0 Å². The van der Waals surface area contributed by atoms with Gasteiger partial charge in [-0.25, -0.2) is 8.42 Å². The Hall–Kier alpha value is -4.34. The molecule has 0 radical (unpaired) electrons. The molecule has 1 N–H and O–H groups in total. The number of sulfonamides is 1. The molecule has 4 aromatic rings. The first-order valence-electron chi connectivity index (χ1n) is 13.8. The molecule has 0 saturated carbocycles. The number of carbonyl (C=O) groups excluding carboxylic acids is 2. The number of halogens is 1. The lowest BCUT2D eigenvalue weighted by atomic mass is 10.0. The molecule has 0 aromatic heterocycles. The van der Waals surface area contributed by atoms with Gasteiger partial charge >= 0.3 is 0 Å². The van der Waals surface area contributed by atoms with Crippen molar-refractivity contribution in [3.8, 4) is 5.75 Å². The predicted octanol–water partition coefficient (Wildman–Crippen LogP) is 5.32. The van der Waals surface area contributed by atoms with Crippen LogP contribution in [0.3, 0.4) is 0 Å². The van der Waals surface area contributed by atoms with E-state index in [-0.39, 0.29) is 23.8 Å². The molecule has 0 spiro atoms. The van der Waals surface area contributed by atoms with Crippen LogP contribution in [0.4, 0.5) is 5.69 Å². The van der Waals surface area contributed by atoms with Gasteiger partial charge in [-0.15, -0.1) is 0 Å². The van der Waals surface area contributed by atoms with Crippen molar-refractivity contribution in [2.75, 3.05) is 24.5 Å².